The Morgan fingerprint density at radius 3 is 2.35 bits per heavy atom. The Kier molecular flexibility index (Phi) is 6.78. The molecule has 0 amide bonds. The minimum Gasteiger partial charge on any atom is -0.281 e. The normalized spacial score (nSPS) is 11.6. The van der Waals surface area contributed by atoms with E-state index in [0.717, 1.165) is 21.3 Å². The van der Waals surface area contributed by atoms with Crippen molar-refractivity contribution in [1.82, 2.24) is 19.7 Å². The number of benzene rings is 2. The number of hydrogen-bond acceptors (Lipinski definition) is 6. The van der Waals surface area contributed by atoms with Crippen molar-refractivity contribution in [3.63, 3.8) is 0 Å². The highest BCUT2D eigenvalue weighted by Crippen LogP contribution is 2.44. The first-order chi connectivity index (χ1) is 16.1. The van der Waals surface area contributed by atoms with Crippen molar-refractivity contribution in [1.29, 1.82) is 0 Å². The standard InChI is InChI=1S/C23H17Cl3N4O3S/c1-23(2,21-29-20(12-6-4-3-5-7-12)16(34-21)10-17(26)31)19-14(24)8-13(9-15(19)25)30-22(33)28-18(32)11-27-30/h3-9,11H,10H2,1-2H3,(H,28,32,33). The van der Waals surface area contributed by atoms with Crippen LogP contribution in [-0.2, 0) is 16.6 Å². The predicted molar refractivity (Wildman–Crippen MR) is 135 cm³/mol. The molecule has 0 aliphatic rings. The molecule has 11 heteroatoms. The lowest BCUT2D eigenvalue weighted by Crippen LogP contribution is -2.30. The average Bonchev–Trinajstić information content (AvgIpc) is 3.17. The van der Waals surface area contributed by atoms with E-state index >= 15 is 0 Å². The van der Waals surface area contributed by atoms with Gasteiger partial charge in [-0.1, -0.05) is 53.5 Å². The summed E-state index contributed by atoms with van der Waals surface area (Å²) in [6, 6.07) is 12.6. The average molecular weight is 536 g/mol. The SMILES string of the molecule is CC(C)(c1nc(-c2ccccc2)c(CC(=O)Cl)s1)c1c(Cl)cc(-n2ncc(=O)[nH]c2=O)cc1Cl. The van der Waals surface area contributed by atoms with Crippen molar-refractivity contribution >= 4 is 51.4 Å². The monoisotopic (exact) mass is 534 g/mol. The Balaban J connectivity index is 1.83. The van der Waals surface area contributed by atoms with Crippen molar-refractivity contribution < 1.29 is 4.79 Å². The molecule has 0 radical (unpaired) electrons. The summed E-state index contributed by atoms with van der Waals surface area (Å²) in [5, 5.41) is 4.63. The summed E-state index contributed by atoms with van der Waals surface area (Å²) in [7, 11) is 0. The maximum Gasteiger partial charge on any atom is 0.349 e. The van der Waals surface area contributed by atoms with Gasteiger partial charge in [-0.2, -0.15) is 9.78 Å². The third kappa shape index (κ3) is 4.72. The summed E-state index contributed by atoms with van der Waals surface area (Å²) in [6.45, 7) is 3.84. The molecule has 0 unspecified atom stereocenters. The highest BCUT2D eigenvalue weighted by Gasteiger charge is 2.33. The topological polar surface area (TPSA) is 97.7 Å². The Hall–Kier alpha value is -2.78. The van der Waals surface area contributed by atoms with E-state index in [1.165, 1.54) is 11.3 Å². The number of nitrogens with one attached hydrogen (secondary N) is 1. The van der Waals surface area contributed by atoms with E-state index < -0.39 is 21.9 Å². The molecular weight excluding hydrogens is 519 g/mol. The molecule has 0 spiro atoms. The molecule has 34 heavy (non-hydrogen) atoms. The zero-order valence-electron chi connectivity index (χ0n) is 17.9. The molecule has 4 rings (SSSR count). The third-order valence-electron chi connectivity index (χ3n) is 5.19. The number of halogens is 3. The van der Waals surface area contributed by atoms with Crippen molar-refractivity contribution in [2.24, 2.45) is 0 Å². The van der Waals surface area contributed by atoms with Crippen LogP contribution in [0.2, 0.25) is 10.0 Å². The highest BCUT2D eigenvalue weighted by molar-refractivity contribution is 7.12. The van der Waals surface area contributed by atoms with Crippen molar-refractivity contribution in [2.75, 3.05) is 0 Å². The van der Waals surface area contributed by atoms with E-state index in [2.05, 4.69) is 10.1 Å². The van der Waals surface area contributed by atoms with Gasteiger partial charge in [0, 0.05) is 31.5 Å². The molecule has 2 heterocycles. The van der Waals surface area contributed by atoms with Gasteiger partial charge in [0.05, 0.1) is 17.8 Å². The fourth-order valence-electron chi connectivity index (χ4n) is 3.61. The van der Waals surface area contributed by atoms with Crippen LogP contribution >= 0.6 is 46.1 Å². The van der Waals surface area contributed by atoms with E-state index in [1.54, 1.807) is 12.1 Å². The van der Waals surface area contributed by atoms with Gasteiger partial charge in [0.2, 0.25) is 5.24 Å². The summed E-state index contributed by atoms with van der Waals surface area (Å²) in [5.41, 5.74) is 0.357. The van der Waals surface area contributed by atoms with Crippen molar-refractivity contribution in [3.8, 4) is 16.9 Å². The molecule has 0 fully saturated rings. The second-order valence-corrected chi connectivity index (χ2v) is 10.3. The Bertz CT molecular complexity index is 1490. The fraction of sp³-hybridized carbons (Fsp3) is 0.174. The van der Waals surface area contributed by atoms with Gasteiger partial charge in [0.1, 0.15) is 11.2 Å². The van der Waals surface area contributed by atoms with Gasteiger partial charge in [0.15, 0.2) is 0 Å². The van der Waals surface area contributed by atoms with Crippen LogP contribution < -0.4 is 11.2 Å². The van der Waals surface area contributed by atoms with Crippen molar-refractivity contribution in [3.05, 3.63) is 95.0 Å². The molecule has 4 aromatic rings. The smallest absolute Gasteiger partial charge is 0.281 e. The zero-order valence-corrected chi connectivity index (χ0v) is 21.0. The summed E-state index contributed by atoms with van der Waals surface area (Å²) in [6.07, 6.45) is 1.03. The van der Waals surface area contributed by atoms with Crippen LogP contribution in [-0.4, -0.2) is 25.0 Å². The molecular formula is C23H17Cl3N4O3S. The lowest BCUT2D eigenvalue weighted by Gasteiger charge is -2.26. The van der Waals surface area contributed by atoms with E-state index in [4.69, 9.17) is 39.8 Å². The molecule has 2 aromatic carbocycles. The summed E-state index contributed by atoms with van der Waals surface area (Å²) in [5.74, 6) is 0. The number of carbonyl (C=O) groups is 1. The van der Waals surface area contributed by atoms with Crippen LogP contribution in [0.1, 0.15) is 29.3 Å². The van der Waals surface area contributed by atoms with Crippen LogP contribution in [0.15, 0.2) is 58.3 Å². The molecule has 7 nitrogen and oxygen atoms in total. The first kappa shape index (κ1) is 24.3. The number of thiazole rings is 1. The van der Waals surface area contributed by atoms with Gasteiger partial charge in [-0.25, -0.2) is 9.78 Å². The van der Waals surface area contributed by atoms with Crippen LogP contribution in [0.25, 0.3) is 16.9 Å². The first-order valence-corrected chi connectivity index (χ1v) is 12.0. The van der Waals surface area contributed by atoms with Gasteiger partial charge in [0.25, 0.3) is 5.56 Å². The first-order valence-electron chi connectivity index (χ1n) is 10.0. The molecule has 0 saturated heterocycles. The van der Waals surface area contributed by atoms with Crippen LogP contribution in [0.5, 0.6) is 0 Å². The number of H-pyrrole nitrogens is 1. The Morgan fingerprint density at radius 1 is 1.12 bits per heavy atom. The number of carbonyl (C=O) groups excluding carboxylic acids is 1. The fourth-order valence-corrected chi connectivity index (χ4v) is 5.96. The van der Waals surface area contributed by atoms with E-state index in [-0.39, 0.29) is 6.42 Å². The quantitative estimate of drug-likeness (QED) is 0.351. The van der Waals surface area contributed by atoms with Gasteiger partial charge in [-0.3, -0.25) is 14.6 Å². The minimum absolute atomic E-state index is 0.0424. The maximum absolute atomic E-state index is 12.1. The van der Waals surface area contributed by atoms with Gasteiger partial charge < -0.3 is 0 Å². The lowest BCUT2D eigenvalue weighted by atomic mass is 9.85. The van der Waals surface area contributed by atoms with Gasteiger partial charge in [-0.05, 0) is 37.6 Å². The number of aromatic amines is 1. The summed E-state index contributed by atoms with van der Waals surface area (Å²) < 4.78 is 0.997. The second kappa shape index (κ2) is 9.46. The maximum atomic E-state index is 12.1. The van der Waals surface area contributed by atoms with Crippen LogP contribution in [0.4, 0.5) is 0 Å². The number of aromatic nitrogens is 4. The number of hydrogen-bond donors (Lipinski definition) is 1. The molecule has 0 atom stereocenters. The highest BCUT2D eigenvalue weighted by atomic mass is 35.5. The molecule has 2 aromatic heterocycles. The predicted octanol–water partition coefficient (Wildman–Crippen LogP) is 4.98. The van der Waals surface area contributed by atoms with Crippen LogP contribution in [0, 0.1) is 0 Å². The second-order valence-electron chi connectivity index (χ2n) is 7.95. The zero-order chi connectivity index (χ0) is 24.6. The largest absolute Gasteiger partial charge is 0.349 e. The van der Waals surface area contributed by atoms with E-state index in [0.29, 0.717) is 32.0 Å². The number of rotatable bonds is 6. The minimum atomic E-state index is -0.752. The molecule has 0 aliphatic carbocycles. The van der Waals surface area contributed by atoms with Crippen molar-refractivity contribution in [2.45, 2.75) is 25.7 Å². The van der Waals surface area contributed by atoms with Gasteiger partial charge >= 0.3 is 5.69 Å². The molecule has 0 aliphatic heterocycles. The Morgan fingerprint density at radius 2 is 1.76 bits per heavy atom. The van der Waals surface area contributed by atoms with E-state index in [1.807, 2.05) is 44.2 Å². The van der Waals surface area contributed by atoms with Crippen LogP contribution in [0.3, 0.4) is 0 Å². The summed E-state index contributed by atoms with van der Waals surface area (Å²) >= 11 is 20.4. The van der Waals surface area contributed by atoms with Gasteiger partial charge in [-0.15, -0.1) is 11.3 Å². The van der Waals surface area contributed by atoms with E-state index in [9.17, 15) is 14.4 Å². The summed E-state index contributed by atoms with van der Waals surface area (Å²) in [4.78, 5) is 42.9. The molecule has 1 N–H and O–H groups in total. The lowest BCUT2D eigenvalue weighted by molar-refractivity contribution is -0.111. The molecule has 0 saturated carbocycles. The molecule has 0 bridgehead atoms. The molecule has 174 valence electrons. The number of nitrogens with zero attached hydrogens (tertiary/aromatic N) is 3. The Labute approximate surface area is 213 Å². The third-order valence-corrected chi connectivity index (χ3v) is 7.30.